The number of carboxylic acid groups (broad SMARTS) is 1. The highest BCUT2D eigenvalue weighted by molar-refractivity contribution is 5.98. The van der Waals surface area contributed by atoms with Crippen LogP contribution in [-0.4, -0.2) is 16.9 Å². The van der Waals surface area contributed by atoms with E-state index in [1.165, 1.54) is 0 Å². The number of carbonyl (C=O) groups excluding carboxylic acids is 1. The lowest BCUT2D eigenvalue weighted by molar-refractivity contribution is -0.136. The molecule has 0 saturated heterocycles. The first-order chi connectivity index (χ1) is 7.52. The van der Waals surface area contributed by atoms with Crippen LogP contribution in [0.1, 0.15) is 48.5 Å². The standard InChI is InChI=1S/C13H16O3/c1-9(2)10-5-3-4-6-11(10)12(14)7-8-13(15)16/h3-6,9H,7-8H2,1-2H3,(H,15,16). The molecule has 1 rings (SSSR count). The van der Waals surface area contributed by atoms with Crippen LogP contribution in [0.3, 0.4) is 0 Å². The minimum atomic E-state index is -0.935. The average Bonchev–Trinajstić information content (AvgIpc) is 2.25. The van der Waals surface area contributed by atoms with Gasteiger partial charge in [0.05, 0.1) is 6.42 Å². The second kappa shape index (κ2) is 5.45. The van der Waals surface area contributed by atoms with Gasteiger partial charge in [-0.15, -0.1) is 0 Å². The lowest BCUT2D eigenvalue weighted by Gasteiger charge is -2.10. The molecule has 0 unspecified atom stereocenters. The molecule has 0 fully saturated rings. The summed E-state index contributed by atoms with van der Waals surface area (Å²) in [5, 5.41) is 8.54. The van der Waals surface area contributed by atoms with E-state index in [2.05, 4.69) is 0 Å². The van der Waals surface area contributed by atoms with Crippen molar-refractivity contribution >= 4 is 11.8 Å². The average molecular weight is 220 g/mol. The molecule has 0 aromatic heterocycles. The lowest BCUT2D eigenvalue weighted by atomic mass is 9.93. The molecule has 1 aromatic rings. The van der Waals surface area contributed by atoms with Crippen molar-refractivity contribution in [1.82, 2.24) is 0 Å². The van der Waals surface area contributed by atoms with Crippen LogP contribution < -0.4 is 0 Å². The van der Waals surface area contributed by atoms with Gasteiger partial charge in [-0.2, -0.15) is 0 Å². The monoisotopic (exact) mass is 220 g/mol. The maximum atomic E-state index is 11.8. The molecule has 0 atom stereocenters. The maximum absolute atomic E-state index is 11.8. The van der Waals surface area contributed by atoms with Crippen molar-refractivity contribution in [1.29, 1.82) is 0 Å². The predicted octanol–water partition coefficient (Wildman–Crippen LogP) is 2.86. The molecule has 0 radical (unpaired) electrons. The number of aliphatic carboxylic acids is 1. The molecule has 0 amide bonds. The first-order valence-corrected chi connectivity index (χ1v) is 5.36. The molecule has 0 aliphatic heterocycles. The smallest absolute Gasteiger partial charge is 0.303 e. The van der Waals surface area contributed by atoms with Crippen LogP contribution in [0.15, 0.2) is 24.3 Å². The van der Waals surface area contributed by atoms with Crippen molar-refractivity contribution in [2.45, 2.75) is 32.6 Å². The van der Waals surface area contributed by atoms with Gasteiger partial charge >= 0.3 is 5.97 Å². The van der Waals surface area contributed by atoms with Crippen LogP contribution in [0.5, 0.6) is 0 Å². The first-order valence-electron chi connectivity index (χ1n) is 5.36. The third-order valence-electron chi connectivity index (χ3n) is 2.45. The van der Waals surface area contributed by atoms with Crippen LogP contribution in [0, 0.1) is 0 Å². The summed E-state index contributed by atoms with van der Waals surface area (Å²) in [7, 11) is 0. The Kier molecular flexibility index (Phi) is 4.23. The van der Waals surface area contributed by atoms with E-state index in [-0.39, 0.29) is 24.5 Å². The molecule has 0 bridgehead atoms. The Labute approximate surface area is 95.1 Å². The van der Waals surface area contributed by atoms with E-state index in [4.69, 9.17) is 5.11 Å². The summed E-state index contributed by atoms with van der Waals surface area (Å²) in [5.41, 5.74) is 1.64. The van der Waals surface area contributed by atoms with Gasteiger partial charge in [-0.25, -0.2) is 0 Å². The molecule has 86 valence electrons. The van der Waals surface area contributed by atoms with Gasteiger partial charge in [-0.3, -0.25) is 9.59 Å². The quantitative estimate of drug-likeness (QED) is 0.776. The Bertz CT molecular complexity index is 394. The van der Waals surface area contributed by atoms with E-state index in [1.54, 1.807) is 12.1 Å². The molecule has 3 heteroatoms. The Morgan fingerprint density at radius 2 is 1.81 bits per heavy atom. The van der Waals surface area contributed by atoms with Crippen molar-refractivity contribution in [3.05, 3.63) is 35.4 Å². The number of hydrogen-bond acceptors (Lipinski definition) is 2. The summed E-state index contributed by atoms with van der Waals surface area (Å²) < 4.78 is 0. The van der Waals surface area contributed by atoms with Crippen molar-refractivity contribution in [3.8, 4) is 0 Å². The van der Waals surface area contributed by atoms with Crippen LogP contribution in [-0.2, 0) is 4.79 Å². The largest absolute Gasteiger partial charge is 0.481 e. The molecule has 0 saturated carbocycles. The predicted molar refractivity (Wildman–Crippen MR) is 61.7 cm³/mol. The zero-order valence-electron chi connectivity index (χ0n) is 9.56. The minimum Gasteiger partial charge on any atom is -0.481 e. The van der Waals surface area contributed by atoms with Gasteiger partial charge < -0.3 is 5.11 Å². The van der Waals surface area contributed by atoms with Crippen molar-refractivity contribution in [3.63, 3.8) is 0 Å². The van der Waals surface area contributed by atoms with E-state index in [9.17, 15) is 9.59 Å². The Morgan fingerprint density at radius 3 is 2.38 bits per heavy atom. The van der Waals surface area contributed by atoms with Crippen LogP contribution in [0.4, 0.5) is 0 Å². The molecular weight excluding hydrogens is 204 g/mol. The normalized spacial score (nSPS) is 10.4. The summed E-state index contributed by atoms with van der Waals surface area (Å²) in [6.45, 7) is 4.03. The van der Waals surface area contributed by atoms with E-state index < -0.39 is 5.97 Å². The Hall–Kier alpha value is -1.64. The summed E-state index contributed by atoms with van der Waals surface area (Å²) in [5.74, 6) is -0.757. The fourth-order valence-electron chi connectivity index (χ4n) is 1.61. The summed E-state index contributed by atoms with van der Waals surface area (Å²) in [4.78, 5) is 22.2. The van der Waals surface area contributed by atoms with Gasteiger partial charge in [0.2, 0.25) is 0 Å². The van der Waals surface area contributed by atoms with Crippen LogP contribution >= 0.6 is 0 Å². The number of hydrogen-bond donors (Lipinski definition) is 1. The highest BCUT2D eigenvalue weighted by Gasteiger charge is 2.13. The van der Waals surface area contributed by atoms with Crippen molar-refractivity contribution in [2.24, 2.45) is 0 Å². The molecule has 3 nitrogen and oxygen atoms in total. The SMILES string of the molecule is CC(C)c1ccccc1C(=O)CCC(=O)O. The third-order valence-corrected chi connectivity index (χ3v) is 2.45. The zero-order valence-corrected chi connectivity index (χ0v) is 9.56. The van der Waals surface area contributed by atoms with Gasteiger partial charge in [-0.05, 0) is 11.5 Å². The molecule has 0 heterocycles. The van der Waals surface area contributed by atoms with Gasteiger partial charge in [0.15, 0.2) is 5.78 Å². The van der Waals surface area contributed by atoms with Gasteiger partial charge in [-0.1, -0.05) is 38.1 Å². The molecule has 0 aliphatic rings. The second-order valence-corrected chi connectivity index (χ2v) is 4.06. The number of carbonyl (C=O) groups is 2. The van der Waals surface area contributed by atoms with Crippen molar-refractivity contribution < 1.29 is 14.7 Å². The Morgan fingerprint density at radius 1 is 1.19 bits per heavy atom. The molecular formula is C13H16O3. The lowest BCUT2D eigenvalue weighted by Crippen LogP contribution is -2.07. The summed E-state index contributed by atoms with van der Waals surface area (Å²) in [6.07, 6.45) is -0.0374. The fourth-order valence-corrected chi connectivity index (χ4v) is 1.61. The zero-order chi connectivity index (χ0) is 12.1. The maximum Gasteiger partial charge on any atom is 0.303 e. The minimum absolute atomic E-state index is 0.0685. The third kappa shape index (κ3) is 3.19. The van der Waals surface area contributed by atoms with E-state index in [0.29, 0.717) is 5.56 Å². The first kappa shape index (κ1) is 12.4. The van der Waals surface area contributed by atoms with Gasteiger partial charge in [0.25, 0.3) is 0 Å². The molecule has 16 heavy (non-hydrogen) atoms. The number of carboxylic acids is 1. The number of benzene rings is 1. The topological polar surface area (TPSA) is 54.4 Å². The van der Waals surface area contributed by atoms with Crippen LogP contribution in [0.2, 0.25) is 0 Å². The second-order valence-electron chi connectivity index (χ2n) is 4.06. The van der Waals surface area contributed by atoms with Gasteiger partial charge in [0.1, 0.15) is 0 Å². The van der Waals surface area contributed by atoms with E-state index >= 15 is 0 Å². The molecule has 0 aliphatic carbocycles. The van der Waals surface area contributed by atoms with Crippen molar-refractivity contribution in [2.75, 3.05) is 0 Å². The molecule has 1 N–H and O–H groups in total. The number of ketones is 1. The molecule has 1 aromatic carbocycles. The highest BCUT2D eigenvalue weighted by Crippen LogP contribution is 2.20. The molecule has 0 spiro atoms. The van der Waals surface area contributed by atoms with Gasteiger partial charge in [0, 0.05) is 12.0 Å². The number of Topliss-reactive ketones (excluding diaryl/α,β-unsaturated/α-hetero) is 1. The highest BCUT2D eigenvalue weighted by atomic mass is 16.4. The van der Waals surface area contributed by atoms with E-state index in [0.717, 1.165) is 5.56 Å². The summed E-state index contributed by atoms with van der Waals surface area (Å²) in [6, 6.07) is 7.38. The number of rotatable bonds is 5. The Balaban J connectivity index is 2.86. The van der Waals surface area contributed by atoms with E-state index in [1.807, 2.05) is 26.0 Å². The van der Waals surface area contributed by atoms with Crippen LogP contribution in [0.25, 0.3) is 0 Å². The summed E-state index contributed by atoms with van der Waals surface area (Å²) >= 11 is 0. The fraction of sp³-hybridized carbons (Fsp3) is 0.385.